The number of Topliss-reactive ketones (excluding diaryl/α,β-unsaturated/α-hetero) is 1. The van der Waals surface area contributed by atoms with Crippen LogP contribution in [0, 0.1) is 10.8 Å². The fourth-order valence-electron chi connectivity index (χ4n) is 2.02. The molecule has 0 saturated heterocycles. The SMILES string of the molecule is CC(C)(C)/C=C1\CC/C(=C\C(C)(C)C)C1=O. The number of ketones is 1. The van der Waals surface area contributed by atoms with E-state index in [9.17, 15) is 4.79 Å². The molecule has 1 saturated carbocycles. The van der Waals surface area contributed by atoms with E-state index in [-0.39, 0.29) is 16.6 Å². The molecule has 1 rings (SSSR count). The third-order valence-corrected chi connectivity index (χ3v) is 2.46. The van der Waals surface area contributed by atoms with Crippen LogP contribution in [0.5, 0.6) is 0 Å². The fourth-order valence-corrected chi connectivity index (χ4v) is 2.02. The molecule has 1 nitrogen and oxygen atoms in total. The molecule has 0 aromatic carbocycles. The Bertz CT molecular complexity index is 309. The van der Waals surface area contributed by atoms with Gasteiger partial charge in [-0.05, 0) is 34.8 Å². The Morgan fingerprint density at radius 3 is 1.38 bits per heavy atom. The van der Waals surface area contributed by atoms with Crippen molar-refractivity contribution in [2.45, 2.75) is 54.4 Å². The molecule has 0 bridgehead atoms. The molecule has 0 amide bonds. The summed E-state index contributed by atoms with van der Waals surface area (Å²) >= 11 is 0. The highest BCUT2D eigenvalue weighted by molar-refractivity contribution is 6.10. The predicted octanol–water partition coefficient (Wildman–Crippen LogP) is 4.29. The summed E-state index contributed by atoms with van der Waals surface area (Å²) in [6.07, 6.45) is 6.08. The van der Waals surface area contributed by atoms with E-state index in [0.717, 1.165) is 24.0 Å². The van der Waals surface area contributed by atoms with Gasteiger partial charge in [-0.25, -0.2) is 0 Å². The Balaban J connectivity index is 2.92. The molecular weight excluding hydrogens is 196 g/mol. The summed E-state index contributed by atoms with van der Waals surface area (Å²) in [5.41, 5.74) is 2.20. The number of hydrogen-bond donors (Lipinski definition) is 0. The van der Waals surface area contributed by atoms with Crippen LogP contribution >= 0.6 is 0 Å². The molecule has 0 aromatic heterocycles. The Morgan fingerprint density at radius 2 is 1.12 bits per heavy atom. The Labute approximate surface area is 99.6 Å². The number of hydrogen-bond acceptors (Lipinski definition) is 1. The lowest BCUT2D eigenvalue weighted by atomic mass is 9.91. The summed E-state index contributed by atoms with van der Waals surface area (Å²) in [6, 6.07) is 0. The van der Waals surface area contributed by atoms with E-state index in [1.807, 2.05) is 0 Å². The number of carbonyl (C=O) groups excluding carboxylic acids is 1. The first-order chi connectivity index (χ1) is 7.08. The molecule has 1 aliphatic rings. The Kier molecular flexibility index (Phi) is 3.47. The van der Waals surface area contributed by atoms with Crippen LogP contribution in [0.25, 0.3) is 0 Å². The first kappa shape index (κ1) is 13.2. The highest BCUT2D eigenvalue weighted by atomic mass is 16.1. The summed E-state index contributed by atoms with van der Waals surface area (Å²) in [6.45, 7) is 12.8. The van der Waals surface area contributed by atoms with Crippen molar-refractivity contribution in [1.29, 1.82) is 0 Å². The van der Waals surface area contributed by atoms with Crippen LogP contribution in [0.2, 0.25) is 0 Å². The standard InChI is InChI=1S/C15H24O/c1-14(2,3)9-11-7-8-12(13(11)16)10-15(4,5)6/h9-10H,7-8H2,1-6H3/b11-9+,12-10+. The fraction of sp³-hybridized carbons (Fsp3) is 0.667. The van der Waals surface area contributed by atoms with Crippen LogP contribution < -0.4 is 0 Å². The third kappa shape index (κ3) is 3.96. The van der Waals surface area contributed by atoms with E-state index in [4.69, 9.17) is 0 Å². The van der Waals surface area contributed by atoms with E-state index in [1.165, 1.54) is 0 Å². The third-order valence-electron chi connectivity index (χ3n) is 2.46. The lowest BCUT2D eigenvalue weighted by molar-refractivity contribution is -0.111. The molecule has 0 heterocycles. The van der Waals surface area contributed by atoms with Crippen LogP contribution in [-0.2, 0) is 4.79 Å². The zero-order valence-electron chi connectivity index (χ0n) is 11.5. The van der Waals surface area contributed by atoms with Crippen molar-refractivity contribution in [2.24, 2.45) is 10.8 Å². The normalized spacial score (nSPS) is 23.5. The number of allylic oxidation sites excluding steroid dienone is 4. The average Bonchev–Trinajstić information content (AvgIpc) is 2.30. The maximum atomic E-state index is 12.1. The minimum Gasteiger partial charge on any atom is -0.289 e. The molecule has 16 heavy (non-hydrogen) atoms. The predicted molar refractivity (Wildman–Crippen MR) is 69.3 cm³/mol. The molecule has 0 atom stereocenters. The van der Waals surface area contributed by atoms with Crippen molar-refractivity contribution >= 4 is 5.78 Å². The van der Waals surface area contributed by atoms with E-state index in [1.54, 1.807) is 0 Å². The van der Waals surface area contributed by atoms with Crippen LogP contribution in [-0.4, -0.2) is 5.78 Å². The highest BCUT2D eigenvalue weighted by Crippen LogP contribution is 2.32. The van der Waals surface area contributed by atoms with Gasteiger partial charge in [-0.15, -0.1) is 0 Å². The molecule has 0 spiro atoms. The smallest absolute Gasteiger partial charge is 0.184 e. The van der Waals surface area contributed by atoms with Gasteiger partial charge in [0.05, 0.1) is 0 Å². The molecule has 0 radical (unpaired) electrons. The van der Waals surface area contributed by atoms with Gasteiger partial charge in [-0.3, -0.25) is 4.79 Å². The van der Waals surface area contributed by atoms with Crippen molar-refractivity contribution in [2.75, 3.05) is 0 Å². The lowest BCUT2D eigenvalue weighted by Gasteiger charge is -2.14. The molecule has 1 fully saturated rings. The van der Waals surface area contributed by atoms with Gasteiger partial charge in [0.15, 0.2) is 5.78 Å². The molecule has 1 aliphatic carbocycles. The molecular formula is C15H24O. The van der Waals surface area contributed by atoms with Gasteiger partial charge in [0, 0.05) is 0 Å². The second-order valence-electron chi connectivity index (χ2n) is 6.90. The van der Waals surface area contributed by atoms with Crippen molar-refractivity contribution in [1.82, 2.24) is 0 Å². The zero-order valence-corrected chi connectivity index (χ0v) is 11.5. The molecule has 0 aliphatic heterocycles. The molecule has 1 heteroatoms. The molecule has 0 aromatic rings. The van der Waals surface area contributed by atoms with E-state index >= 15 is 0 Å². The average molecular weight is 220 g/mol. The van der Waals surface area contributed by atoms with Gasteiger partial charge in [0.1, 0.15) is 0 Å². The first-order valence-electron chi connectivity index (χ1n) is 6.07. The van der Waals surface area contributed by atoms with Crippen molar-refractivity contribution < 1.29 is 4.79 Å². The van der Waals surface area contributed by atoms with Gasteiger partial charge in [0.2, 0.25) is 0 Å². The summed E-state index contributed by atoms with van der Waals surface area (Å²) in [7, 11) is 0. The summed E-state index contributed by atoms with van der Waals surface area (Å²) in [5, 5.41) is 0. The summed E-state index contributed by atoms with van der Waals surface area (Å²) < 4.78 is 0. The maximum absolute atomic E-state index is 12.1. The number of rotatable bonds is 0. The zero-order chi connectivity index (χ0) is 12.6. The maximum Gasteiger partial charge on any atom is 0.184 e. The van der Waals surface area contributed by atoms with E-state index in [0.29, 0.717) is 0 Å². The lowest BCUT2D eigenvalue weighted by Crippen LogP contribution is -2.07. The van der Waals surface area contributed by atoms with Crippen molar-refractivity contribution in [3.05, 3.63) is 23.3 Å². The van der Waals surface area contributed by atoms with Crippen LogP contribution in [0.1, 0.15) is 54.4 Å². The van der Waals surface area contributed by atoms with Gasteiger partial charge < -0.3 is 0 Å². The molecule has 0 N–H and O–H groups in total. The van der Waals surface area contributed by atoms with Crippen molar-refractivity contribution in [3.63, 3.8) is 0 Å². The Hall–Kier alpha value is -0.850. The largest absolute Gasteiger partial charge is 0.289 e. The Morgan fingerprint density at radius 1 is 0.812 bits per heavy atom. The number of carbonyl (C=O) groups is 1. The molecule has 0 unspecified atom stereocenters. The van der Waals surface area contributed by atoms with Crippen molar-refractivity contribution in [3.8, 4) is 0 Å². The monoisotopic (exact) mass is 220 g/mol. The van der Waals surface area contributed by atoms with E-state index in [2.05, 4.69) is 53.7 Å². The summed E-state index contributed by atoms with van der Waals surface area (Å²) in [4.78, 5) is 12.1. The van der Waals surface area contributed by atoms with Crippen LogP contribution in [0.3, 0.4) is 0 Å². The minimum atomic E-state index is 0.0994. The van der Waals surface area contributed by atoms with Gasteiger partial charge in [-0.2, -0.15) is 0 Å². The highest BCUT2D eigenvalue weighted by Gasteiger charge is 2.26. The summed E-state index contributed by atoms with van der Waals surface area (Å²) in [5.74, 6) is 0.268. The van der Waals surface area contributed by atoms with Gasteiger partial charge in [0.25, 0.3) is 0 Å². The minimum absolute atomic E-state index is 0.0994. The topological polar surface area (TPSA) is 17.1 Å². The van der Waals surface area contributed by atoms with Crippen LogP contribution in [0.15, 0.2) is 23.3 Å². The van der Waals surface area contributed by atoms with Gasteiger partial charge in [-0.1, -0.05) is 53.7 Å². The van der Waals surface area contributed by atoms with Crippen LogP contribution in [0.4, 0.5) is 0 Å². The second-order valence-corrected chi connectivity index (χ2v) is 6.90. The van der Waals surface area contributed by atoms with E-state index < -0.39 is 0 Å². The molecule has 90 valence electrons. The first-order valence-corrected chi connectivity index (χ1v) is 6.07. The second kappa shape index (κ2) is 4.20. The quantitative estimate of drug-likeness (QED) is 0.556. The van der Waals surface area contributed by atoms with Gasteiger partial charge >= 0.3 is 0 Å².